The molecule has 0 spiro atoms. The Labute approximate surface area is 358 Å². The van der Waals surface area contributed by atoms with Crippen molar-refractivity contribution in [3.05, 3.63) is 113 Å². The second kappa shape index (κ2) is 15.6. The lowest BCUT2D eigenvalue weighted by atomic mass is 9.79. The van der Waals surface area contributed by atoms with E-state index in [1.54, 1.807) is 36.4 Å². The minimum absolute atomic E-state index is 0.0833. The first-order chi connectivity index (χ1) is 28.8. The number of nitrogens with zero attached hydrogens (tertiary/aromatic N) is 7. The zero-order valence-electron chi connectivity index (χ0n) is 29.8. The lowest BCUT2D eigenvalue weighted by Gasteiger charge is -2.27. The summed E-state index contributed by atoms with van der Waals surface area (Å²) in [6.45, 7) is -0.167. The molecule has 11 nitrogen and oxygen atoms in total. The van der Waals surface area contributed by atoms with Gasteiger partial charge in [-0.25, -0.2) is 15.0 Å². The topological polar surface area (TPSA) is 185 Å². The fourth-order valence-corrected chi connectivity index (χ4v) is 13.9. The Bertz CT molecular complexity index is 2980. The van der Waals surface area contributed by atoms with E-state index < -0.39 is 17.4 Å². The van der Waals surface area contributed by atoms with Crippen LogP contribution in [0.2, 0.25) is 0 Å². The Kier molecular flexibility index (Phi) is 10.0. The van der Waals surface area contributed by atoms with E-state index in [0.29, 0.717) is 35.7 Å². The van der Waals surface area contributed by atoms with Crippen molar-refractivity contribution in [3.63, 3.8) is 0 Å². The molecule has 9 rings (SSSR count). The van der Waals surface area contributed by atoms with Gasteiger partial charge in [-0.05, 0) is 41.5 Å². The first kappa shape index (κ1) is 37.9. The van der Waals surface area contributed by atoms with E-state index in [0.717, 1.165) is 44.9 Å². The van der Waals surface area contributed by atoms with E-state index in [2.05, 4.69) is 9.98 Å². The van der Waals surface area contributed by atoms with Crippen LogP contribution >= 0.6 is 68.0 Å². The molecule has 6 heterocycles. The highest BCUT2D eigenvalue weighted by atomic mass is 32.1. The summed E-state index contributed by atoms with van der Waals surface area (Å²) in [5.74, 6) is -1.55. The lowest BCUT2D eigenvalue weighted by Crippen LogP contribution is -2.45. The number of rotatable bonds is 10. The summed E-state index contributed by atoms with van der Waals surface area (Å²) in [5, 5.41) is 38.5. The zero-order chi connectivity index (χ0) is 40.7. The molecule has 8 aromatic rings. The molecule has 0 saturated heterocycles. The number of fused-ring (bicyclic) bond motifs is 7. The number of thiophene rings is 5. The smallest absolute Gasteiger partial charge is 0.333 e. The summed E-state index contributed by atoms with van der Waals surface area (Å²) in [6, 6.07) is 34.8. The van der Waals surface area contributed by atoms with Crippen molar-refractivity contribution in [1.82, 2.24) is 4.98 Å². The van der Waals surface area contributed by atoms with Gasteiger partial charge in [-0.2, -0.15) is 21.0 Å². The first-order valence-electron chi connectivity index (χ1n) is 17.3. The quantitative estimate of drug-likeness (QED) is 0.0732. The van der Waals surface area contributed by atoms with Crippen molar-refractivity contribution in [2.24, 2.45) is 9.98 Å². The number of aliphatic imine (C=N–C) groups is 2. The van der Waals surface area contributed by atoms with Crippen LogP contribution in [0.1, 0.15) is 22.3 Å². The third-order valence-electron chi connectivity index (χ3n) is 9.11. The third kappa shape index (κ3) is 6.62. The van der Waals surface area contributed by atoms with E-state index in [9.17, 15) is 21.0 Å². The SMILES string of the molecule is N#CC(C#N)=Nc1ccc(-c2cc3sc4c(c3s2)C(C(=O)OCc2ccccc2)(C(=O)OCc2ccccc2)c2c-4sc3nc(-c4ccc(N=C(C#N)C#N)s4)sc23)s1. The molecule has 0 saturated carbocycles. The number of hydrogen-bond donors (Lipinski definition) is 0. The van der Waals surface area contributed by atoms with Crippen LogP contribution in [0.25, 0.3) is 48.3 Å². The van der Waals surface area contributed by atoms with Crippen molar-refractivity contribution < 1.29 is 19.1 Å². The molecule has 2 aromatic carbocycles. The molecule has 0 aliphatic heterocycles. The molecule has 0 radical (unpaired) electrons. The summed E-state index contributed by atoms with van der Waals surface area (Å²) in [6.07, 6.45) is 0. The Morgan fingerprint density at radius 1 is 0.593 bits per heavy atom. The van der Waals surface area contributed by atoms with E-state index in [1.807, 2.05) is 78.9 Å². The summed E-state index contributed by atoms with van der Waals surface area (Å²) in [7, 11) is 0. The molecular weight excluding hydrogens is 859 g/mol. The average molecular weight is 878 g/mol. The minimum atomic E-state index is -2.03. The standard InChI is InChI=1S/C42H19N7O4S6/c43-16-24(17-44)47-30-13-11-26(54-30)28-15-29-34(56-28)32-35(57-29)36-33(37-39(58-36)49-38(59-37)27-12-14-31(55-27)48-25(18-45)19-46)42(32,40(50)52-20-22-7-3-1-4-8-22)41(51)53-21-23-9-5-2-6-10-23/h1-15H,20-21H2. The molecule has 1 aliphatic carbocycles. The first-order valence-corrected chi connectivity index (χ1v) is 22.2. The molecule has 0 amide bonds. The largest absolute Gasteiger partial charge is 0.459 e. The van der Waals surface area contributed by atoms with Crippen LogP contribution in [0.15, 0.2) is 101 Å². The molecule has 59 heavy (non-hydrogen) atoms. The van der Waals surface area contributed by atoms with Crippen LogP contribution in [0.3, 0.4) is 0 Å². The van der Waals surface area contributed by atoms with Gasteiger partial charge < -0.3 is 9.47 Å². The van der Waals surface area contributed by atoms with E-state index in [-0.39, 0.29) is 24.6 Å². The molecule has 6 aromatic heterocycles. The number of aromatic nitrogens is 1. The van der Waals surface area contributed by atoms with Gasteiger partial charge in [-0.3, -0.25) is 9.59 Å². The lowest BCUT2D eigenvalue weighted by molar-refractivity contribution is -0.164. The van der Waals surface area contributed by atoms with E-state index in [1.165, 1.54) is 68.0 Å². The van der Waals surface area contributed by atoms with Gasteiger partial charge in [0.2, 0.25) is 16.8 Å². The van der Waals surface area contributed by atoms with Crippen LogP contribution in [0, 0.1) is 45.3 Å². The number of hydrogen-bond acceptors (Lipinski definition) is 17. The predicted octanol–water partition coefficient (Wildman–Crippen LogP) is 11.1. The Morgan fingerprint density at radius 3 is 1.69 bits per heavy atom. The number of carbonyl (C=O) groups is 2. The van der Waals surface area contributed by atoms with Crippen molar-refractivity contribution in [1.29, 1.82) is 21.0 Å². The normalized spacial score (nSPS) is 12.1. The molecule has 1 aliphatic rings. The third-order valence-corrected chi connectivity index (χ3v) is 16.3. The van der Waals surface area contributed by atoms with Crippen LogP contribution in [0.4, 0.5) is 10.0 Å². The summed E-state index contributed by atoms with van der Waals surface area (Å²) >= 11 is 8.21. The molecule has 0 bridgehead atoms. The van der Waals surface area contributed by atoms with E-state index >= 15 is 9.59 Å². The van der Waals surface area contributed by atoms with Gasteiger partial charge in [0.05, 0.1) is 24.0 Å². The van der Waals surface area contributed by atoms with Crippen LogP contribution in [-0.2, 0) is 37.7 Å². The number of ether oxygens (including phenoxy) is 2. The van der Waals surface area contributed by atoms with Gasteiger partial charge in [-0.1, -0.05) is 60.7 Å². The van der Waals surface area contributed by atoms with Gasteiger partial charge in [0, 0.05) is 25.6 Å². The molecule has 0 unspecified atom stereocenters. The second-order valence-electron chi connectivity index (χ2n) is 12.6. The van der Waals surface area contributed by atoms with Gasteiger partial charge in [0.15, 0.2) is 0 Å². The minimum Gasteiger partial charge on any atom is -0.459 e. The molecule has 0 N–H and O–H groups in total. The number of nitriles is 4. The Hall–Kier alpha value is -6.67. The highest BCUT2D eigenvalue weighted by Crippen LogP contribution is 2.64. The fraction of sp³-hybridized carbons (Fsp3) is 0.0714. The highest BCUT2D eigenvalue weighted by molar-refractivity contribution is 7.36. The van der Waals surface area contributed by atoms with Crippen molar-refractivity contribution in [2.75, 3.05) is 0 Å². The molecule has 0 fully saturated rings. The summed E-state index contributed by atoms with van der Waals surface area (Å²) in [5.41, 5.74) is -0.0859. The zero-order valence-corrected chi connectivity index (χ0v) is 34.7. The van der Waals surface area contributed by atoms with Gasteiger partial charge in [0.1, 0.15) is 57.3 Å². The maximum Gasteiger partial charge on any atom is 0.333 e. The van der Waals surface area contributed by atoms with Gasteiger partial charge >= 0.3 is 11.9 Å². The van der Waals surface area contributed by atoms with Crippen LogP contribution < -0.4 is 0 Å². The summed E-state index contributed by atoms with van der Waals surface area (Å²) < 4.78 is 14.6. The van der Waals surface area contributed by atoms with Crippen molar-refractivity contribution in [2.45, 2.75) is 18.6 Å². The number of esters is 2. The second-order valence-corrected chi connectivity index (χ2v) is 18.8. The Morgan fingerprint density at radius 2 is 1.12 bits per heavy atom. The highest BCUT2D eigenvalue weighted by Gasteiger charge is 2.62. The van der Waals surface area contributed by atoms with Crippen molar-refractivity contribution in [3.8, 4) is 53.7 Å². The maximum absolute atomic E-state index is 15.2. The fourth-order valence-electron chi connectivity index (χ4n) is 6.57. The molecular formula is C42H19N7O4S6. The molecule has 282 valence electrons. The van der Waals surface area contributed by atoms with Crippen LogP contribution in [-0.4, -0.2) is 28.3 Å². The maximum atomic E-state index is 15.2. The number of thiazole rings is 1. The molecule has 0 atom stereocenters. The van der Waals surface area contributed by atoms with Crippen molar-refractivity contribution >= 4 is 120 Å². The van der Waals surface area contributed by atoms with Gasteiger partial charge in [-0.15, -0.1) is 68.0 Å². The van der Waals surface area contributed by atoms with E-state index in [4.69, 9.17) is 14.5 Å². The number of benzene rings is 2. The molecule has 17 heteroatoms. The van der Waals surface area contributed by atoms with Gasteiger partial charge in [0.25, 0.3) is 0 Å². The van der Waals surface area contributed by atoms with Crippen LogP contribution in [0.5, 0.6) is 0 Å². The monoisotopic (exact) mass is 877 g/mol. The Balaban J connectivity index is 1.23. The number of carbonyl (C=O) groups excluding carboxylic acids is 2. The summed E-state index contributed by atoms with van der Waals surface area (Å²) in [4.78, 5) is 48.3. The predicted molar refractivity (Wildman–Crippen MR) is 233 cm³/mol. The average Bonchev–Trinajstić information content (AvgIpc) is 4.13.